The highest BCUT2D eigenvalue weighted by atomic mass is 19.1. The molecule has 0 unspecified atom stereocenters. The number of nitrogens with one attached hydrogen (secondary N) is 4. The van der Waals surface area contributed by atoms with E-state index in [0.29, 0.717) is 18.9 Å². The van der Waals surface area contributed by atoms with E-state index in [2.05, 4.69) is 21.3 Å². The molecule has 3 saturated heterocycles. The Kier molecular flexibility index (Phi) is 17.6. The number of allylic oxidation sites excluding steroid dienone is 1. The van der Waals surface area contributed by atoms with E-state index in [9.17, 15) is 51.9 Å². The van der Waals surface area contributed by atoms with Crippen LogP contribution in [0.5, 0.6) is 0 Å². The lowest BCUT2D eigenvalue weighted by atomic mass is 9.89. The summed E-state index contributed by atoms with van der Waals surface area (Å²) in [5.74, 6) is -8.49. The first-order valence-electron chi connectivity index (χ1n) is 22.4. The van der Waals surface area contributed by atoms with Gasteiger partial charge in [0.2, 0.25) is 35.4 Å². The smallest absolute Gasteiger partial charge is 0.408 e. The van der Waals surface area contributed by atoms with Crippen molar-refractivity contribution in [1.82, 2.24) is 36.0 Å². The van der Waals surface area contributed by atoms with Gasteiger partial charge in [0.15, 0.2) is 0 Å². The van der Waals surface area contributed by atoms with E-state index in [1.807, 2.05) is 0 Å². The number of rotatable bonds is 11. The minimum atomic E-state index is -1.68. The van der Waals surface area contributed by atoms with Gasteiger partial charge in [0.25, 0.3) is 0 Å². The molecule has 1 aromatic rings. The van der Waals surface area contributed by atoms with E-state index in [4.69, 9.17) is 14.2 Å². The molecule has 1 saturated carbocycles. The highest BCUT2D eigenvalue weighted by molar-refractivity contribution is 5.98. The molecule has 1 aliphatic carbocycles. The van der Waals surface area contributed by atoms with Crippen molar-refractivity contribution in [3.63, 3.8) is 0 Å². The first kappa shape index (κ1) is 50.8. The first-order valence-corrected chi connectivity index (χ1v) is 22.4. The van der Waals surface area contributed by atoms with Crippen LogP contribution in [0.4, 0.5) is 13.6 Å². The normalized spacial score (nSPS) is 24.3. The van der Waals surface area contributed by atoms with Gasteiger partial charge in [0.1, 0.15) is 73.2 Å². The van der Waals surface area contributed by atoms with Gasteiger partial charge in [-0.05, 0) is 95.9 Å². The number of amides is 7. The lowest BCUT2D eigenvalue weighted by Crippen LogP contribution is -2.61. The maximum absolute atomic E-state index is 14.6. The summed E-state index contributed by atoms with van der Waals surface area (Å²) in [6, 6.07) is -5.75. The Hall–Kier alpha value is -6.15. The molecule has 19 nitrogen and oxygen atoms in total. The number of nitrogens with zero attached hydrogens (tertiary/aromatic N) is 3. The molecule has 0 aromatic heterocycles. The van der Waals surface area contributed by atoms with E-state index in [0.717, 1.165) is 54.0 Å². The Morgan fingerprint density at radius 2 is 1.52 bits per heavy atom. The standard InChI is InChI=1S/C45H61F2N7O12/c1-26-40(59)54-18-10-14-34(54)43(62)65-24-32(51-38(57)31(21-28-19-29(46)22-30(47)20-28)50-36(55)16-15-27-11-7-6-8-12-27)41(60)53-17-9-13-33(53)42(61)52(5)35(39(58)49-26)25-64-37(56)23-48-44(63)66-45(2,3)4/h15-16,19-20,22,26-27,31-35H,6-14,17-18,21,23-25H2,1-5H3,(H,48,63)(H,49,58)(H,50,55)(H,51,57)/b16-15+/t26-,31-,32-,33-,34-,35-/m0/s1. The lowest BCUT2D eigenvalue weighted by molar-refractivity contribution is -0.158. The monoisotopic (exact) mass is 929 g/mol. The number of esters is 2. The lowest BCUT2D eigenvalue weighted by Gasteiger charge is -2.35. The van der Waals surface area contributed by atoms with Crippen LogP contribution in [0, 0.1) is 17.6 Å². The summed E-state index contributed by atoms with van der Waals surface area (Å²) >= 11 is 0. The van der Waals surface area contributed by atoms with Crippen molar-refractivity contribution in [2.75, 3.05) is 39.9 Å². The minimum Gasteiger partial charge on any atom is -0.462 e. The molecule has 21 heteroatoms. The zero-order valence-electron chi connectivity index (χ0n) is 38.0. The molecule has 6 atom stereocenters. The van der Waals surface area contributed by atoms with Gasteiger partial charge in [-0.1, -0.05) is 25.3 Å². The molecule has 66 heavy (non-hydrogen) atoms. The number of carbonyl (C=O) groups is 9. The van der Waals surface area contributed by atoms with Crippen LogP contribution in [-0.2, 0) is 59.0 Å². The summed E-state index contributed by atoms with van der Waals surface area (Å²) in [4.78, 5) is 126. The second kappa shape index (κ2) is 22.8. The van der Waals surface area contributed by atoms with Gasteiger partial charge in [-0.15, -0.1) is 0 Å². The van der Waals surface area contributed by atoms with Gasteiger partial charge < -0.3 is 50.2 Å². The molecule has 0 bridgehead atoms. The van der Waals surface area contributed by atoms with Crippen molar-refractivity contribution in [2.45, 2.75) is 134 Å². The van der Waals surface area contributed by atoms with Crippen LogP contribution in [0.3, 0.4) is 0 Å². The van der Waals surface area contributed by atoms with Gasteiger partial charge in [0.05, 0.1) is 0 Å². The molecule has 0 radical (unpaired) electrons. The molecule has 0 spiro atoms. The zero-order chi connectivity index (χ0) is 48.3. The molecular weight excluding hydrogens is 869 g/mol. The van der Waals surface area contributed by atoms with E-state index in [1.54, 1.807) is 26.8 Å². The Morgan fingerprint density at radius 1 is 0.879 bits per heavy atom. The second-order valence-corrected chi connectivity index (χ2v) is 18.1. The highest BCUT2D eigenvalue weighted by Gasteiger charge is 2.44. The molecule has 3 heterocycles. The number of cyclic esters (lactones) is 1. The third-order valence-corrected chi connectivity index (χ3v) is 11.8. The van der Waals surface area contributed by atoms with Gasteiger partial charge >= 0.3 is 18.0 Å². The Morgan fingerprint density at radius 3 is 2.17 bits per heavy atom. The number of likely N-dealkylation sites (N-methyl/N-ethyl adjacent to an activating group) is 1. The van der Waals surface area contributed by atoms with Crippen LogP contribution >= 0.6 is 0 Å². The fourth-order valence-electron chi connectivity index (χ4n) is 8.47. The van der Waals surface area contributed by atoms with E-state index in [-0.39, 0.29) is 37.4 Å². The fourth-order valence-corrected chi connectivity index (χ4v) is 8.47. The molecule has 4 fully saturated rings. The molecule has 4 aliphatic rings. The molecule has 1 aromatic carbocycles. The number of benzene rings is 1. The first-order chi connectivity index (χ1) is 31.2. The van der Waals surface area contributed by atoms with Crippen molar-refractivity contribution < 1.29 is 66.1 Å². The second-order valence-electron chi connectivity index (χ2n) is 18.1. The van der Waals surface area contributed by atoms with Crippen molar-refractivity contribution in [3.05, 3.63) is 47.5 Å². The number of hydrogen-bond donors (Lipinski definition) is 4. The van der Waals surface area contributed by atoms with E-state index >= 15 is 0 Å². The molecule has 4 N–H and O–H groups in total. The molecule has 5 rings (SSSR count). The number of carbonyl (C=O) groups excluding carboxylic acids is 9. The number of halogens is 2. The van der Waals surface area contributed by atoms with Crippen molar-refractivity contribution in [3.8, 4) is 0 Å². The van der Waals surface area contributed by atoms with Gasteiger partial charge in [-0.25, -0.2) is 18.4 Å². The van der Waals surface area contributed by atoms with E-state index in [1.165, 1.54) is 24.9 Å². The number of ether oxygens (including phenoxy) is 3. The summed E-state index contributed by atoms with van der Waals surface area (Å²) in [5.41, 5.74) is -0.849. The third kappa shape index (κ3) is 14.2. The van der Waals surface area contributed by atoms with E-state index < -0.39 is 133 Å². The van der Waals surface area contributed by atoms with Crippen LogP contribution in [0.25, 0.3) is 0 Å². The Bertz CT molecular complexity index is 2020. The van der Waals surface area contributed by atoms with Crippen LogP contribution in [0.2, 0.25) is 0 Å². The SMILES string of the molecule is C[C@@H]1NC(=O)[C@H](COC(=O)CNC(=O)OC(C)(C)C)N(C)C(=O)[C@@H]2CCCN2C(=O)[C@@H](NC(=O)[C@H](Cc2cc(F)cc(F)c2)NC(=O)/C=C/C2CCCCC2)COC(=O)[C@@H]2CCCN2C1=O. The molecular formula is C45H61F2N7O12. The predicted octanol–water partition coefficient (Wildman–Crippen LogP) is 1.55. The Balaban J connectivity index is 1.42. The molecule has 3 aliphatic heterocycles. The van der Waals surface area contributed by atoms with Gasteiger partial charge in [-0.3, -0.25) is 33.6 Å². The highest BCUT2D eigenvalue weighted by Crippen LogP contribution is 2.26. The fraction of sp³-hybridized carbons (Fsp3) is 0.622. The van der Waals surface area contributed by atoms with Crippen LogP contribution in [0.1, 0.15) is 91.0 Å². The molecule has 7 amide bonds. The number of fused-ring (bicyclic) bond motifs is 2. The summed E-state index contributed by atoms with van der Waals surface area (Å²) in [5, 5.41) is 9.92. The summed E-state index contributed by atoms with van der Waals surface area (Å²) in [6.45, 7) is 4.19. The minimum absolute atomic E-state index is 0.0111. The largest absolute Gasteiger partial charge is 0.462 e. The number of hydrogen-bond acceptors (Lipinski definition) is 12. The number of alkyl carbamates (subject to hydrolysis) is 1. The average molecular weight is 930 g/mol. The third-order valence-electron chi connectivity index (χ3n) is 11.8. The van der Waals surface area contributed by atoms with Crippen molar-refractivity contribution >= 4 is 53.5 Å². The zero-order valence-corrected chi connectivity index (χ0v) is 38.0. The van der Waals surface area contributed by atoms with Crippen LogP contribution in [-0.4, -0.2) is 150 Å². The van der Waals surface area contributed by atoms with Gasteiger partial charge in [0, 0.05) is 32.6 Å². The molecule has 362 valence electrons. The Labute approximate surface area is 382 Å². The topological polar surface area (TPSA) is 239 Å². The quantitative estimate of drug-likeness (QED) is 0.141. The summed E-state index contributed by atoms with van der Waals surface area (Å²) in [7, 11) is 1.25. The maximum atomic E-state index is 14.6. The summed E-state index contributed by atoms with van der Waals surface area (Å²) < 4.78 is 44.8. The van der Waals surface area contributed by atoms with Crippen LogP contribution < -0.4 is 21.3 Å². The summed E-state index contributed by atoms with van der Waals surface area (Å²) in [6.07, 6.45) is 7.52. The van der Waals surface area contributed by atoms with Crippen molar-refractivity contribution in [1.29, 1.82) is 0 Å². The van der Waals surface area contributed by atoms with Crippen molar-refractivity contribution in [2.24, 2.45) is 5.92 Å². The predicted molar refractivity (Wildman–Crippen MR) is 229 cm³/mol. The maximum Gasteiger partial charge on any atom is 0.408 e. The van der Waals surface area contributed by atoms with Gasteiger partial charge in [-0.2, -0.15) is 0 Å². The van der Waals surface area contributed by atoms with Crippen LogP contribution in [0.15, 0.2) is 30.4 Å². The average Bonchev–Trinajstić information content (AvgIpc) is 3.96.